The Morgan fingerprint density at radius 2 is 1.97 bits per heavy atom. The summed E-state index contributed by atoms with van der Waals surface area (Å²) in [6.07, 6.45) is 4.69. The highest BCUT2D eigenvalue weighted by Gasteiger charge is 2.23. The van der Waals surface area contributed by atoms with Crippen LogP contribution in [-0.4, -0.2) is 48.3 Å². The number of ether oxygens (including phenoxy) is 1. The van der Waals surface area contributed by atoms with Crippen molar-refractivity contribution in [2.24, 2.45) is 0 Å². The third-order valence-electron chi connectivity index (χ3n) is 6.69. The van der Waals surface area contributed by atoms with Gasteiger partial charge < -0.3 is 25.8 Å². The number of carbonyl (C=O) groups is 1. The highest BCUT2D eigenvalue weighted by atomic mass is 16.5. The zero-order valence-electron chi connectivity index (χ0n) is 22.4. The molecule has 0 saturated heterocycles. The molecule has 0 spiro atoms. The molecule has 7 nitrogen and oxygen atoms in total. The Hall–Kier alpha value is -3.68. The van der Waals surface area contributed by atoms with Gasteiger partial charge in [0.05, 0.1) is 19.3 Å². The molecule has 2 atom stereocenters. The van der Waals surface area contributed by atoms with Gasteiger partial charge in [-0.1, -0.05) is 74.5 Å². The second-order valence-electron chi connectivity index (χ2n) is 10.0. The fourth-order valence-corrected chi connectivity index (χ4v) is 4.52. The molecule has 38 heavy (non-hydrogen) atoms. The number of fused-ring (bicyclic) bond motifs is 4. The Balaban J connectivity index is 1.54. The minimum Gasteiger partial charge on any atom is -0.481 e. The largest absolute Gasteiger partial charge is 0.481 e. The number of anilines is 1. The number of amides is 1. The van der Waals surface area contributed by atoms with Gasteiger partial charge in [0.15, 0.2) is 0 Å². The summed E-state index contributed by atoms with van der Waals surface area (Å²) in [4.78, 5) is 17.8. The van der Waals surface area contributed by atoms with Crippen LogP contribution in [0.2, 0.25) is 0 Å². The van der Waals surface area contributed by atoms with E-state index in [1.54, 1.807) is 12.1 Å². The normalized spacial score (nSPS) is 17.5. The molecule has 4 bridgehead atoms. The highest BCUT2D eigenvalue weighted by Crippen LogP contribution is 2.19. The van der Waals surface area contributed by atoms with Gasteiger partial charge in [0.25, 0.3) is 5.91 Å². The van der Waals surface area contributed by atoms with Gasteiger partial charge in [0.1, 0.15) is 5.82 Å². The van der Waals surface area contributed by atoms with Gasteiger partial charge in [-0.15, -0.1) is 0 Å². The maximum absolute atomic E-state index is 13.4. The van der Waals surface area contributed by atoms with Crippen LogP contribution in [0.25, 0.3) is 6.08 Å². The molecule has 0 unspecified atom stereocenters. The number of aliphatic hydroxyl groups is 1. The number of pyridine rings is 1. The van der Waals surface area contributed by atoms with Gasteiger partial charge in [0.2, 0.25) is 5.88 Å². The molecule has 3 aromatic rings. The zero-order chi connectivity index (χ0) is 26.9. The van der Waals surface area contributed by atoms with Crippen LogP contribution >= 0.6 is 0 Å². The quantitative estimate of drug-likeness (QED) is 0.370. The van der Waals surface area contributed by atoms with Gasteiger partial charge in [-0.25, -0.2) is 0 Å². The van der Waals surface area contributed by atoms with Gasteiger partial charge in [-0.3, -0.25) is 4.79 Å². The van der Waals surface area contributed by atoms with Gasteiger partial charge >= 0.3 is 0 Å². The van der Waals surface area contributed by atoms with Crippen LogP contribution in [-0.2, 0) is 13.0 Å². The molecule has 4 N–H and O–H groups in total. The van der Waals surface area contributed by atoms with E-state index in [1.165, 1.54) is 12.7 Å². The summed E-state index contributed by atoms with van der Waals surface area (Å²) >= 11 is 0. The number of nitrogens with one attached hydrogen (secondary N) is 3. The van der Waals surface area contributed by atoms with Crippen molar-refractivity contribution in [3.63, 3.8) is 0 Å². The van der Waals surface area contributed by atoms with E-state index in [0.29, 0.717) is 49.2 Å². The lowest BCUT2D eigenvalue weighted by Gasteiger charge is -2.25. The van der Waals surface area contributed by atoms with E-state index < -0.39 is 12.1 Å². The molecular weight excluding hydrogens is 476 g/mol. The van der Waals surface area contributed by atoms with E-state index in [1.807, 2.05) is 12.1 Å². The SMILES string of the molecule is COc1cc2cc(n1)NCC/C=C/c1cccc(c1)C[C@@H]([C@H](O)CNCc1cccc(C(C)C)c1)NC2=O. The van der Waals surface area contributed by atoms with E-state index in [4.69, 9.17) is 4.74 Å². The van der Waals surface area contributed by atoms with E-state index in [0.717, 1.165) is 23.1 Å². The first-order valence-electron chi connectivity index (χ1n) is 13.2. The summed E-state index contributed by atoms with van der Waals surface area (Å²) in [7, 11) is 1.53. The number of aromatic nitrogens is 1. The molecule has 2 heterocycles. The number of carbonyl (C=O) groups excluding carboxylic acids is 1. The Morgan fingerprint density at radius 1 is 1.13 bits per heavy atom. The number of hydrogen-bond acceptors (Lipinski definition) is 6. The monoisotopic (exact) mass is 514 g/mol. The predicted molar refractivity (Wildman–Crippen MR) is 153 cm³/mol. The fourth-order valence-electron chi connectivity index (χ4n) is 4.52. The summed E-state index contributed by atoms with van der Waals surface area (Å²) < 4.78 is 5.33. The molecular formula is C31H38N4O3. The molecule has 0 saturated carbocycles. The first-order chi connectivity index (χ1) is 18.4. The van der Waals surface area contributed by atoms with E-state index in [2.05, 4.69) is 83.3 Å². The molecule has 1 amide bonds. The molecule has 1 aliphatic rings. The average molecular weight is 515 g/mol. The van der Waals surface area contributed by atoms with Crippen molar-refractivity contribution in [2.45, 2.75) is 51.3 Å². The first-order valence-corrected chi connectivity index (χ1v) is 13.2. The van der Waals surface area contributed by atoms with Crippen LogP contribution < -0.4 is 20.7 Å². The number of methoxy groups -OCH3 is 1. The van der Waals surface area contributed by atoms with Crippen LogP contribution in [0.1, 0.15) is 58.8 Å². The van der Waals surface area contributed by atoms with Gasteiger partial charge in [-0.05, 0) is 47.1 Å². The van der Waals surface area contributed by atoms with E-state index in [-0.39, 0.29) is 5.91 Å². The first kappa shape index (κ1) is 27.4. The predicted octanol–water partition coefficient (Wildman–Crippen LogP) is 4.53. The Labute approximate surface area is 225 Å². The van der Waals surface area contributed by atoms with Crippen LogP contribution in [0.4, 0.5) is 5.82 Å². The molecule has 2 aromatic carbocycles. The van der Waals surface area contributed by atoms with Crippen LogP contribution in [0.15, 0.2) is 66.7 Å². The lowest BCUT2D eigenvalue weighted by Crippen LogP contribution is -2.48. The van der Waals surface area contributed by atoms with Crippen molar-refractivity contribution in [3.05, 3.63) is 94.6 Å². The maximum atomic E-state index is 13.4. The summed E-state index contributed by atoms with van der Waals surface area (Å²) in [6, 6.07) is 19.5. The smallest absolute Gasteiger partial charge is 0.251 e. The van der Waals surface area contributed by atoms with Crippen molar-refractivity contribution in [1.29, 1.82) is 0 Å². The van der Waals surface area contributed by atoms with Crippen molar-refractivity contribution in [3.8, 4) is 5.88 Å². The summed E-state index contributed by atoms with van der Waals surface area (Å²) in [5.41, 5.74) is 5.00. The minimum atomic E-state index is -0.802. The lowest BCUT2D eigenvalue weighted by molar-refractivity contribution is 0.0829. The molecule has 0 aliphatic carbocycles. The zero-order valence-corrected chi connectivity index (χ0v) is 22.4. The Morgan fingerprint density at radius 3 is 2.79 bits per heavy atom. The molecule has 0 radical (unpaired) electrons. The molecule has 200 valence electrons. The van der Waals surface area contributed by atoms with Crippen LogP contribution in [0.5, 0.6) is 5.88 Å². The number of nitrogens with zero attached hydrogens (tertiary/aromatic N) is 1. The summed E-state index contributed by atoms with van der Waals surface area (Å²) in [6.45, 7) is 6.00. The van der Waals surface area contributed by atoms with Crippen LogP contribution in [0, 0.1) is 0 Å². The van der Waals surface area contributed by atoms with E-state index >= 15 is 0 Å². The second kappa shape index (κ2) is 13.2. The molecule has 4 rings (SSSR count). The molecule has 0 fully saturated rings. The number of aliphatic hydroxyl groups excluding tert-OH is 1. The van der Waals surface area contributed by atoms with Crippen molar-refractivity contribution in [1.82, 2.24) is 15.6 Å². The Kier molecular flexibility index (Phi) is 9.51. The minimum absolute atomic E-state index is 0.286. The second-order valence-corrected chi connectivity index (χ2v) is 10.0. The average Bonchev–Trinajstić information content (AvgIpc) is 2.92. The van der Waals surface area contributed by atoms with Crippen molar-refractivity contribution in [2.75, 3.05) is 25.5 Å². The van der Waals surface area contributed by atoms with E-state index in [9.17, 15) is 9.90 Å². The fraction of sp³-hybridized carbons (Fsp3) is 0.355. The number of hydrogen-bond donors (Lipinski definition) is 4. The third kappa shape index (κ3) is 7.66. The number of rotatable bonds is 7. The lowest BCUT2D eigenvalue weighted by atomic mass is 9.98. The standard InChI is InChI=1S/C31H38N4O3/c1-21(2)25-12-7-11-24(15-25)19-32-20-28(36)27-16-23-10-6-9-22(14-23)8-4-5-13-33-29-17-26(31(37)34-27)18-30(35-29)38-3/h4,6-12,14-15,17-18,21,27-28,32,36H,5,13,16,19-20H2,1-3H3,(H,33,35)(H,34,37)/b8-4+/t27-,28+/m0/s1. The summed E-state index contributed by atoms with van der Waals surface area (Å²) in [5.74, 6) is 1.10. The molecule has 1 aliphatic heterocycles. The number of benzene rings is 2. The van der Waals surface area contributed by atoms with Gasteiger partial charge in [0, 0.05) is 31.3 Å². The van der Waals surface area contributed by atoms with Crippen molar-refractivity contribution < 1.29 is 14.6 Å². The van der Waals surface area contributed by atoms with Crippen molar-refractivity contribution >= 4 is 17.8 Å². The topological polar surface area (TPSA) is 95.5 Å². The summed E-state index contributed by atoms with van der Waals surface area (Å²) in [5, 5.41) is 20.9. The molecule has 7 heteroatoms. The Bertz CT molecular complexity index is 1260. The van der Waals surface area contributed by atoms with Gasteiger partial charge in [-0.2, -0.15) is 4.98 Å². The molecule has 1 aromatic heterocycles. The highest BCUT2D eigenvalue weighted by molar-refractivity contribution is 5.95. The van der Waals surface area contributed by atoms with Crippen LogP contribution in [0.3, 0.4) is 0 Å². The third-order valence-corrected chi connectivity index (χ3v) is 6.69. The maximum Gasteiger partial charge on any atom is 0.251 e.